The molecule has 2 N–H and O–H groups in total. The Labute approximate surface area is 126 Å². The third-order valence-electron chi connectivity index (χ3n) is 4.10. The van der Waals surface area contributed by atoms with E-state index in [2.05, 4.69) is 5.32 Å². The first-order valence-electron chi connectivity index (χ1n) is 7.71. The van der Waals surface area contributed by atoms with Gasteiger partial charge in [0.25, 0.3) is 0 Å². The number of ether oxygens (including phenoxy) is 1. The molecule has 21 heavy (non-hydrogen) atoms. The van der Waals surface area contributed by atoms with E-state index in [-0.39, 0.29) is 17.9 Å². The van der Waals surface area contributed by atoms with Crippen molar-refractivity contribution in [3.63, 3.8) is 0 Å². The Kier molecular flexibility index (Phi) is 5.62. The van der Waals surface area contributed by atoms with Crippen LogP contribution in [0.4, 0.5) is 0 Å². The molecule has 0 aliphatic heterocycles. The van der Waals surface area contributed by atoms with Crippen molar-refractivity contribution in [3.05, 3.63) is 29.8 Å². The molecular formula is C17H25NO3. The minimum atomic E-state index is 0.0757. The number of hydrogen-bond donors (Lipinski definition) is 2. The molecule has 1 aromatic carbocycles. The van der Waals surface area contributed by atoms with Gasteiger partial charge in [-0.3, -0.25) is 4.79 Å². The molecule has 1 aliphatic rings. The molecule has 4 heteroatoms. The van der Waals surface area contributed by atoms with Gasteiger partial charge >= 0.3 is 0 Å². The predicted octanol–water partition coefficient (Wildman–Crippen LogP) is 2.43. The Bertz CT molecular complexity index is 452. The highest BCUT2D eigenvalue weighted by atomic mass is 16.5. The van der Waals surface area contributed by atoms with Gasteiger partial charge in [-0.1, -0.05) is 17.7 Å². The first-order valence-corrected chi connectivity index (χ1v) is 7.71. The molecule has 0 spiro atoms. The first kappa shape index (κ1) is 15.8. The number of carbonyl (C=O) groups is 1. The van der Waals surface area contributed by atoms with Crippen LogP contribution in [0.3, 0.4) is 0 Å². The molecule has 0 heterocycles. The van der Waals surface area contributed by atoms with E-state index in [4.69, 9.17) is 9.84 Å². The van der Waals surface area contributed by atoms with Crippen molar-refractivity contribution in [2.45, 2.75) is 39.0 Å². The van der Waals surface area contributed by atoms with Crippen LogP contribution in [0, 0.1) is 12.3 Å². The smallest absolute Gasteiger partial charge is 0.220 e. The van der Waals surface area contributed by atoms with Crippen LogP contribution in [0.25, 0.3) is 0 Å². The minimum Gasteiger partial charge on any atom is -0.494 e. The molecule has 0 atom stereocenters. The number of nitrogens with one attached hydrogen (secondary N) is 1. The SMILES string of the molecule is Cc1ccc(OCCCC(=O)NCC2(CCO)CC2)cc1. The van der Waals surface area contributed by atoms with Crippen molar-refractivity contribution >= 4 is 5.91 Å². The van der Waals surface area contributed by atoms with Gasteiger partial charge < -0.3 is 15.2 Å². The van der Waals surface area contributed by atoms with E-state index in [9.17, 15) is 4.79 Å². The van der Waals surface area contributed by atoms with Crippen molar-refractivity contribution in [2.75, 3.05) is 19.8 Å². The number of aliphatic hydroxyl groups excluding tert-OH is 1. The molecule has 1 amide bonds. The van der Waals surface area contributed by atoms with E-state index >= 15 is 0 Å². The molecule has 0 aromatic heterocycles. The van der Waals surface area contributed by atoms with Gasteiger partial charge in [0.15, 0.2) is 0 Å². The Morgan fingerprint density at radius 2 is 2.05 bits per heavy atom. The Morgan fingerprint density at radius 3 is 2.67 bits per heavy atom. The number of benzene rings is 1. The van der Waals surface area contributed by atoms with E-state index in [1.807, 2.05) is 31.2 Å². The fourth-order valence-electron chi connectivity index (χ4n) is 2.36. The summed E-state index contributed by atoms with van der Waals surface area (Å²) in [6.07, 6.45) is 4.23. The number of hydrogen-bond acceptors (Lipinski definition) is 3. The van der Waals surface area contributed by atoms with E-state index in [1.54, 1.807) is 0 Å². The van der Waals surface area contributed by atoms with E-state index in [1.165, 1.54) is 5.56 Å². The van der Waals surface area contributed by atoms with Gasteiger partial charge in [0, 0.05) is 19.6 Å². The third-order valence-corrected chi connectivity index (χ3v) is 4.10. The lowest BCUT2D eigenvalue weighted by Gasteiger charge is -2.14. The van der Waals surface area contributed by atoms with Gasteiger partial charge in [-0.05, 0) is 50.2 Å². The van der Waals surface area contributed by atoms with Crippen molar-refractivity contribution in [1.82, 2.24) is 5.32 Å². The molecular weight excluding hydrogens is 266 g/mol. The summed E-state index contributed by atoms with van der Waals surface area (Å²) in [5.74, 6) is 0.924. The summed E-state index contributed by atoms with van der Waals surface area (Å²) in [7, 11) is 0. The van der Waals surface area contributed by atoms with E-state index in [0.29, 0.717) is 26.0 Å². The molecule has 2 rings (SSSR count). The van der Waals surface area contributed by atoms with Gasteiger partial charge in [-0.25, -0.2) is 0 Å². The van der Waals surface area contributed by atoms with Crippen LogP contribution in [-0.4, -0.2) is 30.8 Å². The lowest BCUT2D eigenvalue weighted by molar-refractivity contribution is -0.121. The van der Waals surface area contributed by atoms with Gasteiger partial charge in [-0.2, -0.15) is 0 Å². The first-order chi connectivity index (χ1) is 10.1. The molecule has 1 aliphatic carbocycles. The second kappa shape index (κ2) is 7.46. The van der Waals surface area contributed by atoms with Gasteiger partial charge in [0.05, 0.1) is 6.61 Å². The fourth-order valence-corrected chi connectivity index (χ4v) is 2.36. The Balaban J connectivity index is 1.56. The number of aryl methyl sites for hydroxylation is 1. The predicted molar refractivity (Wildman–Crippen MR) is 82.3 cm³/mol. The highest BCUT2D eigenvalue weighted by Crippen LogP contribution is 2.47. The summed E-state index contributed by atoms with van der Waals surface area (Å²) >= 11 is 0. The second-order valence-electron chi connectivity index (χ2n) is 6.02. The van der Waals surface area contributed by atoms with Gasteiger partial charge in [-0.15, -0.1) is 0 Å². The van der Waals surface area contributed by atoms with Crippen LogP contribution in [0.15, 0.2) is 24.3 Å². The zero-order valence-electron chi connectivity index (χ0n) is 12.7. The van der Waals surface area contributed by atoms with E-state index in [0.717, 1.165) is 25.0 Å². The third kappa shape index (κ3) is 5.38. The largest absolute Gasteiger partial charge is 0.494 e. The molecule has 0 saturated heterocycles. The average molecular weight is 291 g/mol. The lowest BCUT2D eigenvalue weighted by atomic mass is 10.0. The maximum atomic E-state index is 11.7. The average Bonchev–Trinajstić information content (AvgIpc) is 3.24. The lowest BCUT2D eigenvalue weighted by Crippen LogP contribution is -2.30. The van der Waals surface area contributed by atoms with Crippen molar-refractivity contribution in [2.24, 2.45) is 5.41 Å². The highest BCUT2D eigenvalue weighted by Gasteiger charge is 2.41. The van der Waals surface area contributed by atoms with Crippen LogP contribution in [-0.2, 0) is 4.79 Å². The Hall–Kier alpha value is -1.55. The molecule has 1 fully saturated rings. The molecule has 1 saturated carbocycles. The number of rotatable bonds is 9. The molecule has 116 valence electrons. The minimum absolute atomic E-state index is 0.0757. The zero-order chi connectivity index (χ0) is 15.1. The van der Waals surface area contributed by atoms with E-state index < -0.39 is 0 Å². The maximum absolute atomic E-state index is 11.7. The van der Waals surface area contributed by atoms with Crippen LogP contribution in [0.5, 0.6) is 5.75 Å². The molecule has 0 unspecified atom stereocenters. The summed E-state index contributed by atoms with van der Waals surface area (Å²) in [5.41, 5.74) is 1.39. The monoisotopic (exact) mass is 291 g/mol. The zero-order valence-corrected chi connectivity index (χ0v) is 12.7. The standard InChI is InChI=1S/C17H25NO3/c1-14-4-6-15(7-5-14)21-12-2-3-16(20)18-13-17(8-9-17)10-11-19/h4-7,19H,2-3,8-13H2,1H3,(H,18,20). The van der Waals surface area contributed by atoms with Gasteiger partial charge in [0.2, 0.25) is 5.91 Å². The maximum Gasteiger partial charge on any atom is 0.220 e. The number of carbonyl (C=O) groups excluding carboxylic acids is 1. The number of amides is 1. The summed E-state index contributed by atoms with van der Waals surface area (Å²) in [5, 5.41) is 11.9. The highest BCUT2D eigenvalue weighted by molar-refractivity contribution is 5.75. The van der Waals surface area contributed by atoms with Crippen LogP contribution in [0.1, 0.15) is 37.7 Å². The summed E-state index contributed by atoms with van der Waals surface area (Å²) in [6, 6.07) is 7.92. The normalized spacial score (nSPS) is 15.5. The molecule has 0 bridgehead atoms. The summed E-state index contributed by atoms with van der Waals surface area (Å²) < 4.78 is 5.59. The summed E-state index contributed by atoms with van der Waals surface area (Å²) in [6.45, 7) is 3.50. The van der Waals surface area contributed by atoms with Crippen molar-refractivity contribution < 1.29 is 14.6 Å². The van der Waals surface area contributed by atoms with Crippen molar-refractivity contribution in [3.8, 4) is 5.75 Å². The van der Waals surface area contributed by atoms with Crippen LogP contribution >= 0.6 is 0 Å². The second-order valence-corrected chi connectivity index (χ2v) is 6.02. The molecule has 0 radical (unpaired) electrons. The summed E-state index contributed by atoms with van der Waals surface area (Å²) in [4.78, 5) is 11.7. The fraction of sp³-hybridized carbons (Fsp3) is 0.588. The molecule has 4 nitrogen and oxygen atoms in total. The quantitative estimate of drug-likeness (QED) is 0.687. The molecule has 1 aromatic rings. The topological polar surface area (TPSA) is 58.6 Å². The van der Waals surface area contributed by atoms with Crippen LogP contribution in [0.2, 0.25) is 0 Å². The Morgan fingerprint density at radius 1 is 1.33 bits per heavy atom. The number of aliphatic hydroxyl groups is 1. The van der Waals surface area contributed by atoms with Crippen LogP contribution < -0.4 is 10.1 Å². The van der Waals surface area contributed by atoms with Crippen molar-refractivity contribution in [1.29, 1.82) is 0 Å². The van der Waals surface area contributed by atoms with Gasteiger partial charge in [0.1, 0.15) is 5.75 Å².